The molecule has 0 saturated heterocycles. The summed E-state index contributed by atoms with van der Waals surface area (Å²) in [5.41, 5.74) is 0.977. The van der Waals surface area contributed by atoms with Gasteiger partial charge >= 0.3 is 0 Å². The predicted molar refractivity (Wildman–Crippen MR) is 88.1 cm³/mol. The largest absolute Gasteiger partial charge is 0.321 e. The van der Waals surface area contributed by atoms with Crippen LogP contribution in [0.1, 0.15) is 23.7 Å². The van der Waals surface area contributed by atoms with E-state index in [1.54, 1.807) is 35.0 Å². The molecule has 6 heteroatoms. The molecule has 0 aliphatic rings. The van der Waals surface area contributed by atoms with E-state index >= 15 is 0 Å². The van der Waals surface area contributed by atoms with Gasteiger partial charge in [-0.1, -0.05) is 18.5 Å². The minimum absolute atomic E-state index is 0.0810. The Morgan fingerprint density at radius 3 is 2.76 bits per heavy atom. The summed E-state index contributed by atoms with van der Waals surface area (Å²) in [6.45, 7) is 2.61. The van der Waals surface area contributed by atoms with E-state index in [0.717, 1.165) is 6.42 Å². The molecule has 0 radical (unpaired) electrons. The first-order chi connectivity index (χ1) is 10.0. The van der Waals surface area contributed by atoms with Gasteiger partial charge < -0.3 is 9.88 Å². The molecule has 0 aliphatic carbocycles. The lowest BCUT2D eigenvalue weighted by atomic mass is 10.2. The number of benzene rings is 1. The maximum Gasteiger partial charge on any atom is 0.256 e. The monoisotopic (exact) mass is 368 g/mol. The Bertz CT molecular complexity index is 728. The zero-order valence-corrected chi connectivity index (χ0v) is 13.7. The summed E-state index contributed by atoms with van der Waals surface area (Å²) < 4.78 is 2.20. The Kier molecular flexibility index (Phi) is 5.20. The smallest absolute Gasteiger partial charge is 0.256 e. The minimum atomic E-state index is -0.264. The van der Waals surface area contributed by atoms with Gasteiger partial charge in [-0.2, -0.15) is 0 Å². The maximum absolute atomic E-state index is 12.2. The molecule has 1 aromatic heterocycles. The second-order valence-corrected chi connectivity index (χ2v) is 5.82. The van der Waals surface area contributed by atoms with Crippen molar-refractivity contribution in [3.05, 3.63) is 61.9 Å². The SMILES string of the molecule is CCCn1cc(NC(=O)c2ccc(Cl)cc2Br)ccc1=O. The summed E-state index contributed by atoms with van der Waals surface area (Å²) in [4.78, 5) is 23.9. The number of hydrogen-bond acceptors (Lipinski definition) is 2. The lowest BCUT2D eigenvalue weighted by Gasteiger charge is -2.09. The molecule has 0 fully saturated rings. The van der Waals surface area contributed by atoms with Crippen LogP contribution in [0, 0.1) is 0 Å². The van der Waals surface area contributed by atoms with Crippen LogP contribution in [0.4, 0.5) is 5.69 Å². The topological polar surface area (TPSA) is 51.1 Å². The standard InChI is InChI=1S/C15H14BrClN2O2/c1-2-7-19-9-11(4-6-14(19)20)18-15(21)12-5-3-10(17)8-13(12)16/h3-6,8-9H,2,7H2,1H3,(H,18,21). The van der Waals surface area contributed by atoms with E-state index in [4.69, 9.17) is 11.6 Å². The molecular weight excluding hydrogens is 356 g/mol. The number of rotatable bonds is 4. The normalized spacial score (nSPS) is 10.4. The van der Waals surface area contributed by atoms with Gasteiger partial charge in [0.25, 0.3) is 11.5 Å². The van der Waals surface area contributed by atoms with Crippen LogP contribution >= 0.6 is 27.5 Å². The summed E-state index contributed by atoms with van der Waals surface area (Å²) in [5, 5.41) is 3.32. The highest BCUT2D eigenvalue weighted by molar-refractivity contribution is 9.10. The highest BCUT2D eigenvalue weighted by Crippen LogP contribution is 2.22. The molecule has 110 valence electrons. The highest BCUT2D eigenvalue weighted by Gasteiger charge is 2.11. The van der Waals surface area contributed by atoms with E-state index in [1.165, 1.54) is 6.07 Å². The average molecular weight is 370 g/mol. The maximum atomic E-state index is 12.2. The fourth-order valence-corrected chi connectivity index (χ4v) is 2.76. The highest BCUT2D eigenvalue weighted by atomic mass is 79.9. The van der Waals surface area contributed by atoms with Gasteiger partial charge in [-0.25, -0.2) is 0 Å². The Morgan fingerprint density at radius 1 is 1.33 bits per heavy atom. The van der Waals surface area contributed by atoms with Gasteiger partial charge in [0.05, 0.1) is 11.3 Å². The molecule has 0 bridgehead atoms. The van der Waals surface area contributed by atoms with Crippen LogP contribution in [0.15, 0.2) is 45.8 Å². The number of halogens is 2. The molecule has 1 heterocycles. The minimum Gasteiger partial charge on any atom is -0.321 e. The Labute approximate surface area is 135 Å². The zero-order chi connectivity index (χ0) is 15.4. The lowest BCUT2D eigenvalue weighted by molar-refractivity contribution is 0.102. The second-order valence-electron chi connectivity index (χ2n) is 4.53. The van der Waals surface area contributed by atoms with E-state index in [0.29, 0.717) is 27.3 Å². The summed E-state index contributed by atoms with van der Waals surface area (Å²) in [6.07, 6.45) is 2.49. The van der Waals surface area contributed by atoms with Crippen molar-refractivity contribution in [3.63, 3.8) is 0 Å². The number of aromatic nitrogens is 1. The number of anilines is 1. The molecule has 0 aliphatic heterocycles. The number of hydrogen-bond donors (Lipinski definition) is 1. The summed E-state index contributed by atoms with van der Waals surface area (Å²) in [6, 6.07) is 8.00. The number of aryl methyl sites for hydroxylation is 1. The second kappa shape index (κ2) is 6.91. The van der Waals surface area contributed by atoms with Crippen molar-refractivity contribution in [3.8, 4) is 0 Å². The summed E-state index contributed by atoms with van der Waals surface area (Å²) >= 11 is 9.17. The van der Waals surface area contributed by atoms with Gasteiger partial charge in [-0.3, -0.25) is 9.59 Å². The van der Waals surface area contributed by atoms with Crippen molar-refractivity contribution in [2.45, 2.75) is 19.9 Å². The van der Waals surface area contributed by atoms with Crippen LogP contribution in [-0.4, -0.2) is 10.5 Å². The van der Waals surface area contributed by atoms with Gasteiger partial charge in [0, 0.05) is 28.3 Å². The van der Waals surface area contributed by atoms with Crippen molar-refractivity contribution in [2.24, 2.45) is 0 Å². The van der Waals surface area contributed by atoms with Gasteiger partial charge in [0.1, 0.15) is 0 Å². The average Bonchev–Trinajstić information content (AvgIpc) is 2.42. The first-order valence-electron chi connectivity index (χ1n) is 6.48. The van der Waals surface area contributed by atoms with E-state index in [-0.39, 0.29) is 11.5 Å². The fourth-order valence-electron chi connectivity index (χ4n) is 1.89. The van der Waals surface area contributed by atoms with E-state index in [9.17, 15) is 9.59 Å². The van der Waals surface area contributed by atoms with Gasteiger partial charge in [0.15, 0.2) is 0 Å². The van der Waals surface area contributed by atoms with E-state index < -0.39 is 0 Å². The first-order valence-corrected chi connectivity index (χ1v) is 7.65. The first kappa shape index (κ1) is 15.8. The molecule has 0 saturated carbocycles. The van der Waals surface area contributed by atoms with Crippen LogP contribution in [0.3, 0.4) is 0 Å². The predicted octanol–water partition coefficient (Wildman–Crippen LogP) is 3.93. The molecule has 21 heavy (non-hydrogen) atoms. The molecule has 1 N–H and O–H groups in total. The van der Waals surface area contributed by atoms with E-state index in [2.05, 4.69) is 21.2 Å². The summed E-state index contributed by atoms with van der Waals surface area (Å²) in [7, 11) is 0. The number of pyridine rings is 1. The van der Waals surface area contributed by atoms with Crippen molar-refractivity contribution in [1.82, 2.24) is 4.57 Å². The molecule has 0 atom stereocenters. The Morgan fingerprint density at radius 2 is 2.10 bits per heavy atom. The molecule has 1 aromatic carbocycles. The van der Waals surface area contributed by atoms with Gasteiger partial charge in [-0.15, -0.1) is 0 Å². The summed E-state index contributed by atoms with van der Waals surface area (Å²) in [5.74, 6) is -0.264. The van der Waals surface area contributed by atoms with Crippen LogP contribution in [-0.2, 0) is 6.54 Å². The van der Waals surface area contributed by atoms with Crippen molar-refractivity contribution < 1.29 is 4.79 Å². The number of nitrogens with zero attached hydrogens (tertiary/aromatic N) is 1. The number of nitrogens with one attached hydrogen (secondary N) is 1. The molecule has 0 spiro atoms. The van der Waals surface area contributed by atoms with Gasteiger partial charge in [-0.05, 0) is 46.6 Å². The van der Waals surface area contributed by atoms with Crippen molar-refractivity contribution in [2.75, 3.05) is 5.32 Å². The number of carbonyl (C=O) groups is 1. The molecular formula is C15H14BrClN2O2. The van der Waals surface area contributed by atoms with Crippen LogP contribution in [0.5, 0.6) is 0 Å². The van der Waals surface area contributed by atoms with Crippen LogP contribution in [0.25, 0.3) is 0 Å². The molecule has 1 amide bonds. The Balaban J connectivity index is 2.23. The third kappa shape index (κ3) is 3.95. The molecule has 0 unspecified atom stereocenters. The van der Waals surface area contributed by atoms with Crippen LogP contribution < -0.4 is 10.9 Å². The quantitative estimate of drug-likeness (QED) is 0.888. The van der Waals surface area contributed by atoms with E-state index in [1.807, 2.05) is 6.92 Å². The zero-order valence-electron chi connectivity index (χ0n) is 11.4. The molecule has 2 rings (SSSR count). The molecule has 2 aromatic rings. The van der Waals surface area contributed by atoms with Crippen molar-refractivity contribution in [1.29, 1.82) is 0 Å². The number of carbonyl (C=O) groups excluding carboxylic acids is 1. The number of amides is 1. The van der Waals surface area contributed by atoms with Crippen molar-refractivity contribution >= 4 is 39.1 Å². The van der Waals surface area contributed by atoms with Gasteiger partial charge in [0.2, 0.25) is 0 Å². The lowest BCUT2D eigenvalue weighted by Crippen LogP contribution is -2.20. The van der Waals surface area contributed by atoms with Crippen LogP contribution in [0.2, 0.25) is 5.02 Å². The Hall–Kier alpha value is -1.59. The fraction of sp³-hybridized carbons (Fsp3) is 0.200. The third-order valence-corrected chi connectivity index (χ3v) is 3.77. The molecule has 4 nitrogen and oxygen atoms in total. The third-order valence-electron chi connectivity index (χ3n) is 2.88.